The molecule has 0 bridgehead atoms. The van der Waals surface area contributed by atoms with Crippen LogP contribution < -0.4 is 10.6 Å². The predicted molar refractivity (Wildman–Crippen MR) is 126 cm³/mol. The van der Waals surface area contributed by atoms with Crippen LogP contribution in [0.3, 0.4) is 0 Å². The summed E-state index contributed by atoms with van der Waals surface area (Å²) < 4.78 is 134. The summed E-state index contributed by atoms with van der Waals surface area (Å²) in [4.78, 5) is 24.0. The second-order valence-corrected chi connectivity index (χ2v) is 9.09. The Morgan fingerprint density at radius 1 is 0.950 bits per heavy atom. The van der Waals surface area contributed by atoms with Gasteiger partial charge < -0.3 is 10.6 Å². The topological polar surface area (TPSA) is 58.2 Å². The maximum atomic E-state index is 14.9. The van der Waals surface area contributed by atoms with Crippen LogP contribution in [0.25, 0.3) is 5.83 Å². The zero-order chi connectivity index (χ0) is 30.6. The summed E-state index contributed by atoms with van der Waals surface area (Å²) in [5.74, 6) is -6.77. The summed E-state index contributed by atoms with van der Waals surface area (Å²) in [5.41, 5.74) is -3.84. The van der Waals surface area contributed by atoms with Crippen LogP contribution in [0.5, 0.6) is 0 Å². The molecule has 40 heavy (non-hydrogen) atoms. The second kappa shape index (κ2) is 12.5. The first-order valence-corrected chi connectivity index (χ1v) is 11.7. The highest BCUT2D eigenvalue weighted by Crippen LogP contribution is 2.40. The number of hydrogen-bond acceptors (Lipinski definition) is 2. The Morgan fingerprint density at radius 3 is 2.10 bits per heavy atom. The van der Waals surface area contributed by atoms with Crippen LogP contribution in [-0.2, 0) is 11.0 Å². The SMILES string of the molecule is Cc1cc(C(/C=C(\F)c2ccc(C(=O)N[C@H](C)NC(=O)CCC(F)(F)F)c(C(F)(F)F)c2)C(F)(F)F)ccc1Cl. The number of halogens is 11. The molecule has 0 aliphatic carbocycles. The van der Waals surface area contributed by atoms with Crippen molar-refractivity contribution in [1.29, 1.82) is 0 Å². The summed E-state index contributed by atoms with van der Waals surface area (Å²) in [6.45, 7) is 2.48. The van der Waals surface area contributed by atoms with Crippen molar-refractivity contribution in [2.45, 2.75) is 57.3 Å². The first-order valence-electron chi connectivity index (χ1n) is 11.3. The van der Waals surface area contributed by atoms with Crippen LogP contribution in [0.2, 0.25) is 5.02 Å². The van der Waals surface area contributed by atoms with Gasteiger partial charge in [0.1, 0.15) is 11.7 Å². The van der Waals surface area contributed by atoms with Gasteiger partial charge in [-0.2, -0.15) is 39.5 Å². The number of rotatable bonds is 8. The van der Waals surface area contributed by atoms with E-state index in [1.807, 2.05) is 10.6 Å². The Labute approximate surface area is 226 Å². The van der Waals surface area contributed by atoms with E-state index in [1.165, 1.54) is 6.92 Å². The number of nitrogens with one attached hydrogen (secondary N) is 2. The first kappa shape index (κ1) is 32.9. The summed E-state index contributed by atoms with van der Waals surface area (Å²) >= 11 is 5.82. The molecule has 15 heteroatoms. The number of carbonyl (C=O) groups excluding carboxylic acids is 2. The highest BCUT2D eigenvalue weighted by molar-refractivity contribution is 6.31. The number of aryl methyl sites for hydroxylation is 1. The van der Waals surface area contributed by atoms with Gasteiger partial charge in [0.05, 0.1) is 23.7 Å². The number of benzene rings is 2. The Morgan fingerprint density at radius 2 is 1.57 bits per heavy atom. The monoisotopic (exact) mass is 606 g/mol. The lowest BCUT2D eigenvalue weighted by Gasteiger charge is -2.20. The third kappa shape index (κ3) is 9.42. The summed E-state index contributed by atoms with van der Waals surface area (Å²) in [7, 11) is 0. The molecule has 4 nitrogen and oxygen atoms in total. The van der Waals surface area contributed by atoms with Gasteiger partial charge in [-0.25, -0.2) is 4.39 Å². The van der Waals surface area contributed by atoms with Gasteiger partial charge >= 0.3 is 18.5 Å². The lowest BCUT2D eigenvalue weighted by Crippen LogP contribution is -2.46. The lowest BCUT2D eigenvalue weighted by molar-refractivity contribution is -0.144. The molecule has 2 atom stereocenters. The summed E-state index contributed by atoms with van der Waals surface area (Å²) in [6, 6.07) is 4.54. The Bertz CT molecular complexity index is 1270. The van der Waals surface area contributed by atoms with Gasteiger partial charge in [0, 0.05) is 17.0 Å². The van der Waals surface area contributed by atoms with Crippen molar-refractivity contribution in [2.75, 3.05) is 0 Å². The molecule has 0 radical (unpaired) electrons. The van der Waals surface area contributed by atoms with E-state index in [-0.39, 0.29) is 22.7 Å². The molecule has 0 saturated carbocycles. The fraction of sp³-hybridized carbons (Fsp3) is 0.360. The van der Waals surface area contributed by atoms with E-state index < -0.39 is 83.3 Å². The fourth-order valence-corrected chi connectivity index (χ4v) is 3.61. The molecule has 2 amide bonds. The van der Waals surface area contributed by atoms with E-state index >= 15 is 0 Å². The maximum absolute atomic E-state index is 14.9. The van der Waals surface area contributed by atoms with Crippen molar-refractivity contribution in [3.05, 3.63) is 75.3 Å². The van der Waals surface area contributed by atoms with Gasteiger partial charge in [-0.05, 0) is 49.2 Å². The van der Waals surface area contributed by atoms with Crippen LogP contribution in [0.15, 0.2) is 42.5 Å². The molecule has 0 saturated heterocycles. The molecule has 0 fully saturated rings. The number of carbonyl (C=O) groups is 2. The molecular weight excluding hydrogens is 586 g/mol. The molecule has 2 aromatic carbocycles. The average Bonchev–Trinajstić information content (AvgIpc) is 2.80. The smallest absolute Gasteiger partial charge is 0.336 e. The molecule has 0 aromatic heterocycles. The van der Waals surface area contributed by atoms with Crippen molar-refractivity contribution in [2.24, 2.45) is 0 Å². The number of amides is 2. The van der Waals surface area contributed by atoms with Crippen molar-refractivity contribution in [3.8, 4) is 0 Å². The number of hydrogen-bond donors (Lipinski definition) is 2. The minimum absolute atomic E-state index is 0.0937. The average molecular weight is 607 g/mol. The Kier molecular flexibility index (Phi) is 10.3. The highest BCUT2D eigenvalue weighted by atomic mass is 35.5. The lowest BCUT2D eigenvalue weighted by atomic mass is 9.94. The van der Waals surface area contributed by atoms with E-state index in [1.54, 1.807) is 0 Å². The Balaban J connectivity index is 2.36. The number of allylic oxidation sites excluding steroid dienone is 1. The van der Waals surface area contributed by atoms with Crippen molar-refractivity contribution >= 4 is 29.2 Å². The molecule has 1 unspecified atom stereocenters. The minimum Gasteiger partial charge on any atom is -0.336 e. The largest absolute Gasteiger partial charge is 0.417 e. The highest BCUT2D eigenvalue weighted by Gasteiger charge is 2.40. The zero-order valence-corrected chi connectivity index (χ0v) is 21.3. The Hall–Kier alpha value is -3.29. The maximum Gasteiger partial charge on any atom is 0.417 e. The third-order valence-electron chi connectivity index (χ3n) is 5.41. The second-order valence-electron chi connectivity index (χ2n) is 8.68. The van der Waals surface area contributed by atoms with Crippen LogP contribution in [0, 0.1) is 6.92 Å². The quantitative estimate of drug-likeness (QED) is 0.237. The van der Waals surface area contributed by atoms with Gasteiger partial charge in [0.15, 0.2) is 0 Å². The van der Waals surface area contributed by atoms with Crippen molar-refractivity contribution in [1.82, 2.24) is 10.6 Å². The van der Waals surface area contributed by atoms with Crippen LogP contribution in [-0.4, -0.2) is 30.3 Å². The van der Waals surface area contributed by atoms with E-state index in [0.29, 0.717) is 12.1 Å². The molecule has 0 heterocycles. The molecule has 0 aliphatic rings. The number of alkyl halides is 9. The minimum atomic E-state index is -5.27. The third-order valence-corrected chi connectivity index (χ3v) is 5.84. The molecule has 0 aliphatic heterocycles. The van der Waals surface area contributed by atoms with Gasteiger partial charge in [-0.3, -0.25) is 9.59 Å². The van der Waals surface area contributed by atoms with E-state index in [2.05, 4.69) is 0 Å². The summed E-state index contributed by atoms with van der Waals surface area (Å²) in [5, 5.41) is 4.06. The molecule has 2 aromatic rings. The van der Waals surface area contributed by atoms with Gasteiger partial charge in [-0.1, -0.05) is 29.8 Å². The molecule has 0 spiro atoms. The van der Waals surface area contributed by atoms with Crippen LogP contribution >= 0.6 is 11.6 Å². The molecule has 2 N–H and O–H groups in total. The van der Waals surface area contributed by atoms with E-state index in [0.717, 1.165) is 25.1 Å². The molecule has 220 valence electrons. The van der Waals surface area contributed by atoms with Gasteiger partial charge in [-0.15, -0.1) is 0 Å². The van der Waals surface area contributed by atoms with Crippen LogP contribution in [0.1, 0.15) is 58.3 Å². The zero-order valence-electron chi connectivity index (χ0n) is 20.6. The van der Waals surface area contributed by atoms with E-state index in [4.69, 9.17) is 11.6 Å². The van der Waals surface area contributed by atoms with Gasteiger partial charge in [0.25, 0.3) is 5.91 Å². The van der Waals surface area contributed by atoms with E-state index in [9.17, 15) is 53.5 Å². The van der Waals surface area contributed by atoms with Crippen LogP contribution in [0.4, 0.5) is 43.9 Å². The molecular formula is C25H21ClF10N2O2. The molecule has 2 rings (SSSR count). The van der Waals surface area contributed by atoms with Crippen molar-refractivity contribution < 1.29 is 53.5 Å². The predicted octanol–water partition coefficient (Wildman–Crippen LogP) is 7.86. The first-order chi connectivity index (χ1) is 18.2. The fourth-order valence-electron chi connectivity index (χ4n) is 3.49. The van der Waals surface area contributed by atoms with Gasteiger partial charge in [0.2, 0.25) is 5.91 Å². The normalized spacial score (nSPS) is 14.5. The van der Waals surface area contributed by atoms with Crippen molar-refractivity contribution in [3.63, 3.8) is 0 Å². The summed E-state index contributed by atoms with van der Waals surface area (Å²) in [6.07, 6.45) is -18.7. The standard InChI is InChI=1S/C25H21ClF10N2O2/c1-12-9-14(4-6-19(12)26)17(24(31,32)33)11-20(27)15-3-5-16(18(10-15)25(34,35)36)22(40)38-13(2)37-21(39)7-8-23(28,29)30/h3-6,9-11,13,17H,7-8H2,1-2H3,(H,37,39)(H,38,40)/b20-11-/t13-,17?/m1/s1.